The molecule has 0 bridgehead atoms. The molecule has 16 heavy (non-hydrogen) atoms. The number of aryl methyl sites for hydroxylation is 1. The number of ether oxygens (including phenoxy) is 1. The number of hydrogen-bond donors (Lipinski definition) is 1. The van der Waals surface area contributed by atoms with Crippen LogP contribution < -0.4 is 4.74 Å². The van der Waals surface area contributed by atoms with Gasteiger partial charge in [-0.2, -0.15) is 0 Å². The molecule has 0 saturated heterocycles. The minimum absolute atomic E-state index is 0.0168. The molecule has 0 amide bonds. The van der Waals surface area contributed by atoms with Crippen molar-refractivity contribution in [1.82, 2.24) is 0 Å². The van der Waals surface area contributed by atoms with Crippen molar-refractivity contribution in [3.05, 3.63) is 40.9 Å². The van der Waals surface area contributed by atoms with Crippen LogP contribution in [0.1, 0.15) is 12.0 Å². The molecule has 1 N–H and O–H groups in total. The van der Waals surface area contributed by atoms with E-state index in [9.17, 15) is 4.79 Å². The Bertz CT molecular complexity index is 399. The van der Waals surface area contributed by atoms with E-state index in [-0.39, 0.29) is 6.42 Å². The fourth-order valence-electron chi connectivity index (χ4n) is 1.16. The number of carboxylic acid groups (broad SMARTS) is 1. The van der Waals surface area contributed by atoms with Gasteiger partial charge in [-0.15, -0.1) is 0 Å². The van der Waals surface area contributed by atoms with Crippen molar-refractivity contribution in [3.63, 3.8) is 0 Å². The molecule has 3 nitrogen and oxygen atoms in total. The van der Waals surface area contributed by atoms with E-state index < -0.39 is 5.97 Å². The Morgan fingerprint density at radius 3 is 2.88 bits per heavy atom. The quantitative estimate of drug-likeness (QED) is 0.805. The highest BCUT2D eigenvalue weighted by molar-refractivity contribution is 6.30. The Morgan fingerprint density at radius 2 is 2.25 bits per heavy atom. The molecule has 1 aromatic carbocycles. The monoisotopic (exact) mass is 240 g/mol. The lowest BCUT2D eigenvalue weighted by Gasteiger charge is -2.06. The first-order chi connectivity index (χ1) is 7.59. The largest absolute Gasteiger partial charge is 0.489 e. The fraction of sp³-hybridized carbons (Fsp3) is 0.250. The Hall–Kier alpha value is -1.48. The lowest BCUT2D eigenvalue weighted by molar-refractivity contribution is -0.136. The summed E-state index contributed by atoms with van der Waals surface area (Å²) in [4.78, 5) is 10.2. The fourth-order valence-corrected chi connectivity index (χ4v) is 1.39. The van der Waals surface area contributed by atoms with E-state index in [1.54, 1.807) is 24.3 Å². The molecular weight excluding hydrogens is 228 g/mol. The number of benzene rings is 1. The zero-order chi connectivity index (χ0) is 12.0. The Morgan fingerprint density at radius 1 is 1.50 bits per heavy atom. The Balaban J connectivity index is 2.43. The van der Waals surface area contributed by atoms with Crippen LogP contribution >= 0.6 is 11.6 Å². The summed E-state index contributed by atoms with van der Waals surface area (Å²) in [5.74, 6) is -0.0942. The second-order valence-electron chi connectivity index (χ2n) is 3.29. The maximum absolute atomic E-state index is 10.2. The van der Waals surface area contributed by atoms with Gasteiger partial charge < -0.3 is 9.84 Å². The highest BCUT2D eigenvalue weighted by atomic mass is 35.5. The van der Waals surface area contributed by atoms with Crippen LogP contribution in [0.3, 0.4) is 0 Å². The van der Waals surface area contributed by atoms with Crippen LogP contribution in [0.2, 0.25) is 5.02 Å². The summed E-state index contributed by atoms with van der Waals surface area (Å²) in [6.07, 6.45) is 3.26. The summed E-state index contributed by atoms with van der Waals surface area (Å²) in [5.41, 5.74) is 0.958. The van der Waals surface area contributed by atoms with Crippen molar-refractivity contribution in [2.75, 3.05) is 6.61 Å². The van der Waals surface area contributed by atoms with Gasteiger partial charge in [-0.25, -0.2) is 0 Å². The lowest BCUT2D eigenvalue weighted by Crippen LogP contribution is -1.96. The van der Waals surface area contributed by atoms with Crippen LogP contribution in [0, 0.1) is 6.92 Å². The number of aliphatic carboxylic acids is 1. The van der Waals surface area contributed by atoms with Gasteiger partial charge in [0.2, 0.25) is 0 Å². The van der Waals surface area contributed by atoms with E-state index in [2.05, 4.69) is 0 Å². The molecule has 0 aliphatic carbocycles. The van der Waals surface area contributed by atoms with Crippen LogP contribution in [0.25, 0.3) is 0 Å². The molecule has 0 radical (unpaired) electrons. The van der Waals surface area contributed by atoms with Gasteiger partial charge in [0.05, 0.1) is 6.42 Å². The lowest BCUT2D eigenvalue weighted by atomic mass is 10.2. The van der Waals surface area contributed by atoms with Gasteiger partial charge in [0.25, 0.3) is 0 Å². The summed E-state index contributed by atoms with van der Waals surface area (Å²) < 4.78 is 5.44. The van der Waals surface area contributed by atoms with Crippen LogP contribution in [0.4, 0.5) is 0 Å². The molecule has 0 saturated carbocycles. The van der Waals surface area contributed by atoms with Gasteiger partial charge in [-0.1, -0.05) is 23.8 Å². The summed E-state index contributed by atoms with van der Waals surface area (Å²) in [5, 5.41) is 9.07. The van der Waals surface area contributed by atoms with Crippen molar-refractivity contribution in [2.24, 2.45) is 0 Å². The van der Waals surface area contributed by atoms with E-state index in [1.165, 1.54) is 0 Å². The second kappa shape index (κ2) is 6.18. The van der Waals surface area contributed by atoms with E-state index >= 15 is 0 Å². The predicted octanol–water partition coefficient (Wildman–Crippen LogP) is 3.06. The molecule has 86 valence electrons. The first-order valence-electron chi connectivity index (χ1n) is 4.85. The summed E-state index contributed by atoms with van der Waals surface area (Å²) in [7, 11) is 0. The maximum Gasteiger partial charge on any atom is 0.307 e. The zero-order valence-corrected chi connectivity index (χ0v) is 9.70. The minimum Gasteiger partial charge on any atom is -0.489 e. The average molecular weight is 241 g/mol. The van der Waals surface area contributed by atoms with Gasteiger partial charge >= 0.3 is 5.97 Å². The first-order valence-corrected chi connectivity index (χ1v) is 5.23. The summed E-state index contributed by atoms with van der Waals surface area (Å²) in [6.45, 7) is 2.26. The third kappa shape index (κ3) is 4.36. The van der Waals surface area contributed by atoms with Crippen molar-refractivity contribution in [1.29, 1.82) is 0 Å². The summed E-state index contributed by atoms with van der Waals surface area (Å²) >= 11 is 5.80. The van der Waals surface area contributed by atoms with Crippen molar-refractivity contribution in [3.8, 4) is 5.75 Å². The molecule has 0 spiro atoms. The number of carboxylic acids is 1. The highest BCUT2D eigenvalue weighted by Crippen LogP contribution is 2.21. The van der Waals surface area contributed by atoms with Gasteiger partial charge in [0, 0.05) is 5.02 Å². The molecular formula is C12H13ClO3. The molecule has 4 heteroatoms. The maximum atomic E-state index is 10.2. The van der Waals surface area contributed by atoms with Gasteiger partial charge in [-0.3, -0.25) is 4.79 Å². The third-order valence-electron chi connectivity index (χ3n) is 1.93. The highest BCUT2D eigenvalue weighted by Gasteiger charge is 1.98. The van der Waals surface area contributed by atoms with Crippen LogP contribution in [-0.4, -0.2) is 17.7 Å². The molecule has 1 aromatic rings. The number of carbonyl (C=O) groups is 1. The molecule has 0 aliphatic heterocycles. The molecule has 0 unspecified atom stereocenters. The van der Waals surface area contributed by atoms with Gasteiger partial charge in [0.15, 0.2) is 0 Å². The molecule has 0 aromatic heterocycles. The van der Waals surface area contributed by atoms with Crippen LogP contribution in [0.5, 0.6) is 5.75 Å². The van der Waals surface area contributed by atoms with Crippen LogP contribution in [0.15, 0.2) is 30.4 Å². The summed E-state index contributed by atoms with van der Waals surface area (Å²) in [6, 6.07) is 5.37. The molecule has 0 atom stereocenters. The SMILES string of the molecule is Cc1cc(Cl)ccc1OC/C=C/CC(=O)O. The van der Waals surface area contributed by atoms with E-state index in [4.69, 9.17) is 21.4 Å². The Kier molecular flexibility index (Phi) is 4.86. The van der Waals surface area contributed by atoms with Crippen molar-refractivity contribution >= 4 is 17.6 Å². The number of hydrogen-bond acceptors (Lipinski definition) is 2. The average Bonchev–Trinajstić information content (AvgIpc) is 2.20. The number of rotatable bonds is 5. The van der Waals surface area contributed by atoms with E-state index in [1.807, 2.05) is 13.0 Å². The minimum atomic E-state index is -0.848. The standard InChI is InChI=1S/C12H13ClO3/c1-9-8-10(13)5-6-11(9)16-7-3-2-4-12(14)15/h2-3,5-6,8H,4,7H2,1H3,(H,14,15)/b3-2+. The predicted molar refractivity (Wildman–Crippen MR) is 63.1 cm³/mol. The van der Waals surface area contributed by atoms with E-state index in [0.717, 1.165) is 11.3 Å². The topological polar surface area (TPSA) is 46.5 Å². The van der Waals surface area contributed by atoms with Crippen molar-refractivity contribution in [2.45, 2.75) is 13.3 Å². The molecule has 0 aliphatic rings. The molecule has 1 rings (SSSR count). The number of halogens is 1. The zero-order valence-electron chi connectivity index (χ0n) is 8.94. The molecule has 0 fully saturated rings. The smallest absolute Gasteiger partial charge is 0.307 e. The Labute approximate surface area is 99.3 Å². The van der Waals surface area contributed by atoms with Crippen molar-refractivity contribution < 1.29 is 14.6 Å². The van der Waals surface area contributed by atoms with Gasteiger partial charge in [-0.05, 0) is 30.7 Å². The molecule has 0 heterocycles. The van der Waals surface area contributed by atoms with Crippen LogP contribution in [-0.2, 0) is 4.79 Å². The van der Waals surface area contributed by atoms with Gasteiger partial charge in [0.1, 0.15) is 12.4 Å². The normalized spacial score (nSPS) is 10.6. The first kappa shape index (κ1) is 12.6. The third-order valence-corrected chi connectivity index (χ3v) is 2.17. The second-order valence-corrected chi connectivity index (χ2v) is 3.73. The van der Waals surface area contributed by atoms with E-state index in [0.29, 0.717) is 11.6 Å².